The molecule has 0 aliphatic carbocycles. The van der Waals surface area contributed by atoms with Crippen molar-refractivity contribution >= 4 is 0 Å². The summed E-state index contributed by atoms with van der Waals surface area (Å²) in [6, 6.07) is 1.77. The number of pyridine rings is 1. The van der Waals surface area contributed by atoms with E-state index in [9.17, 15) is 8.78 Å². The zero-order valence-corrected chi connectivity index (χ0v) is 12.8. The van der Waals surface area contributed by atoms with Gasteiger partial charge in [0.25, 0.3) is 6.43 Å². The minimum absolute atomic E-state index is 0.125. The number of rotatable bonds is 3. The Morgan fingerprint density at radius 2 is 2.00 bits per heavy atom. The minimum atomic E-state index is -2.52. The number of aryl methyl sites for hydroxylation is 1. The van der Waals surface area contributed by atoms with E-state index in [2.05, 4.69) is 25.0 Å². The number of hydrazine groups is 1. The van der Waals surface area contributed by atoms with E-state index in [1.165, 1.54) is 12.4 Å². The third-order valence-electron chi connectivity index (χ3n) is 4.67. The molecule has 0 bridgehead atoms. The average molecular weight is 317 g/mol. The van der Waals surface area contributed by atoms with Gasteiger partial charge >= 0.3 is 0 Å². The van der Waals surface area contributed by atoms with Crippen LogP contribution in [0.5, 0.6) is 0 Å². The molecule has 120 valence electrons. The molecule has 7 heteroatoms. The van der Waals surface area contributed by atoms with Crippen molar-refractivity contribution in [2.24, 2.45) is 0 Å². The largest absolute Gasteiger partial charge is 0.280 e. The normalized spacial score (nSPS) is 21.5. The fourth-order valence-electron chi connectivity index (χ4n) is 3.38. The summed E-state index contributed by atoms with van der Waals surface area (Å²) in [5.74, 6) is 0. The van der Waals surface area contributed by atoms with Crippen molar-refractivity contribution in [3.05, 3.63) is 52.9 Å². The van der Waals surface area contributed by atoms with E-state index in [0.29, 0.717) is 6.54 Å². The number of nitrogens with zero attached hydrogens (tertiary/aromatic N) is 5. The van der Waals surface area contributed by atoms with Crippen LogP contribution in [-0.4, -0.2) is 31.5 Å². The van der Waals surface area contributed by atoms with Crippen LogP contribution in [0.25, 0.3) is 0 Å². The molecule has 0 spiro atoms. The number of alkyl halides is 2. The highest BCUT2D eigenvalue weighted by atomic mass is 19.3. The summed E-state index contributed by atoms with van der Waals surface area (Å²) in [6.07, 6.45) is 3.73. The molecule has 0 N–H and O–H groups in total. The predicted molar refractivity (Wildman–Crippen MR) is 79.3 cm³/mol. The molecule has 2 aromatic heterocycles. The van der Waals surface area contributed by atoms with Crippen molar-refractivity contribution in [3.63, 3.8) is 0 Å². The average Bonchev–Trinajstić information content (AvgIpc) is 2.91. The van der Waals surface area contributed by atoms with E-state index in [0.717, 1.165) is 41.9 Å². The van der Waals surface area contributed by atoms with Crippen molar-refractivity contribution in [2.45, 2.75) is 38.9 Å². The molecule has 1 saturated heterocycles. The second-order valence-corrected chi connectivity index (χ2v) is 6.05. The first-order valence-electron chi connectivity index (χ1n) is 7.67. The zero-order chi connectivity index (χ0) is 16.0. The minimum Gasteiger partial charge on any atom is -0.250 e. The lowest BCUT2D eigenvalue weighted by Gasteiger charge is -2.46. The molecule has 23 heavy (non-hydrogen) atoms. The fraction of sp³-hybridized carbons (Fsp3) is 0.438. The van der Waals surface area contributed by atoms with Gasteiger partial charge in [0.05, 0.1) is 18.3 Å². The van der Waals surface area contributed by atoms with E-state index in [1.807, 2.05) is 19.3 Å². The third kappa shape index (κ3) is 2.49. The first-order chi connectivity index (χ1) is 11.1. The highest BCUT2D eigenvalue weighted by Gasteiger charge is 2.37. The molecule has 2 aromatic rings. The summed E-state index contributed by atoms with van der Waals surface area (Å²) in [6.45, 7) is 4.14. The van der Waals surface area contributed by atoms with Gasteiger partial charge in [0, 0.05) is 31.0 Å². The lowest BCUT2D eigenvalue weighted by Crippen LogP contribution is -2.50. The van der Waals surface area contributed by atoms with Crippen LogP contribution < -0.4 is 0 Å². The van der Waals surface area contributed by atoms with Gasteiger partial charge in [-0.25, -0.2) is 28.8 Å². The molecular weight excluding hydrogens is 300 g/mol. The fourth-order valence-corrected chi connectivity index (χ4v) is 3.38. The summed E-state index contributed by atoms with van der Waals surface area (Å²) < 4.78 is 25.9. The number of hydrogen-bond acceptors (Lipinski definition) is 5. The quantitative estimate of drug-likeness (QED) is 0.871. The Hall–Kier alpha value is -1.99. The molecule has 0 amide bonds. The Morgan fingerprint density at radius 1 is 1.22 bits per heavy atom. The summed E-state index contributed by atoms with van der Waals surface area (Å²) in [5.41, 5.74) is 3.71. The van der Waals surface area contributed by atoms with E-state index in [1.54, 1.807) is 0 Å². The maximum absolute atomic E-state index is 12.9. The maximum atomic E-state index is 12.9. The van der Waals surface area contributed by atoms with Crippen molar-refractivity contribution in [1.82, 2.24) is 25.0 Å². The van der Waals surface area contributed by atoms with E-state index >= 15 is 0 Å². The molecular formula is C16H17F2N5. The maximum Gasteiger partial charge on any atom is 0.280 e. The SMILES string of the molecule is Cc1cc(C(F)F)nc2c1CN(N1CCC1c1cncnc1)C2. The van der Waals surface area contributed by atoms with Crippen LogP contribution in [0.15, 0.2) is 24.8 Å². The monoisotopic (exact) mass is 317 g/mol. The van der Waals surface area contributed by atoms with Crippen LogP contribution in [0.4, 0.5) is 8.78 Å². The van der Waals surface area contributed by atoms with Crippen LogP contribution in [0, 0.1) is 6.92 Å². The van der Waals surface area contributed by atoms with E-state index in [4.69, 9.17) is 0 Å². The first-order valence-corrected chi connectivity index (χ1v) is 7.67. The standard InChI is InChI=1S/C16H17F2N5/c1-10-4-13(16(17)18)21-14-8-22(7-12(10)14)23-3-2-15(23)11-5-19-9-20-6-11/h4-6,9,15-16H,2-3,7-8H2,1H3. The first kappa shape index (κ1) is 14.6. The topological polar surface area (TPSA) is 45.2 Å². The van der Waals surface area contributed by atoms with Gasteiger partial charge in [0.2, 0.25) is 0 Å². The molecule has 1 unspecified atom stereocenters. The number of hydrogen-bond donors (Lipinski definition) is 0. The Balaban J connectivity index is 1.55. The molecule has 5 nitrogen and oxygen atoms in total. The molecule has 1 atom stereocenters. The zero-order valence-electron chi connectivity index (χ0n) is 12.8. The van der Waals surface area contributed by atoms with Gasteiger partial charge in [0.1, 0.15) is 12.0 Å². The second-order valence-electron chi connectivity index (χ2n) is 6.05. The van der Waals surface area contributed by atoms with Crippen LogP contribution in [-0.2, 0) is 13.1 Å². The molecule has 0 radical (unpaired) electrons. The Morgan fingerprint density at radius 3 is 2.65 bits per heavy atom. The lowest BCUT2D eigenvalue weighted by molar-refractivity contribution is -0.126. The van der Waals surface area contributed by atoms with Crippen molar-refractivity contribution in [2.75, 3.05) is 6.54 Å². The van der Waals surface area contributed by atoms with Gasteiger partial charge in [-0.3, -0.25) is 4.98 Å². The second kappa shape index (κ2) is 5.58. The Labute approximate surface area is 133 Å². The number of halogens is 2. The van der Waals surface area contributed by atoms with Crippen molar-refractivity contribution < 1.29 is 8.78 Å². The smallest absolute Gasteiger partial charge is 0.250 e. The van der Waals surface area contributed by atoms with Gasteiger partial charge in [-0.05, 0) is 30.5 Å². The van der Waals surface area contributed by atoms with E-state index < -0.39 is 6.43 Å². The molecule has 4 rings (SSSR count). The van der Waals surface area contributed by atoms with E-state index in [-0.39, 0.29) is 11.7 Å². The highest BCUT2D eigenvalue weighted by Crippen LogP contribution is 2.38. The molecule has 4 heterocycles. The number of fused-ring (bicyclic) bond motifs is 1. The van der Waals surface area contributed by atoms with Crippen molar-refractivity contribution in [1.29, 1.82) is 0 Å². The molecule has 0 saturated carbocycles. The number of aromatic nitrogens is 3. The summed E-state index contributed by atoms with van der Waals surface area (Å²) in [7, 11) is 0. The molecule has 2 aliphatic rings. The van der Waals surface area contributed by atoms with Crippen LogP contribution >= 0.6 is 0 Å². The molecule has 0 aromatic carbocycles. The Bertz CT molecular complexity index is 722. The summed E-state index contributed by atoms with van der Waals surface area (Å²) >= 11 is 0. The summed E-state index contributed by atoms with van der Waals surface area (Å²) in [4.78, 5) is 12.3. The van der Waals surface area contributed by atoms with Gasteiger partial charge in [0.15, 0.2) is 0 Å². The van der Waals surface area contributed by atoms with Gasteiger partial charge in [-0.1, -0.05) is 0 Å². The Kier molecular flexibility index (Phi) is 3.54. The van der Waals surface area contributed by atoms with Gasteiger partial charge in [-0.2, -0.15) is 0 Å². The summed E-state index contributed by atoms with van der Waals surface area (Å²) in [5, 5.41) is 4.46. The molecule has 1 fully saturated rings. The highest BCUT2D eigenvalue weighted by molar-refractivity contribution is 5.35. The van der Waals surface area contributed by atoms with Crippen LogP contribution in [0.3, 0.4) is 0 Å². The predicted octanol–water partition coefficient (Wildman–Crippen LogP) is 2.80. The lowest BCUT2D eigenvalue weighted by atomic mass is 9.99. The van der Waals surface area contributed by atoms with Crippen LogP contribution in [0.1, 0.15) is 47.0 Å². The van der Waals surface area contributed by atoms with Crippen molar-refractivity contribution in [3.8, 4) is 0 Å². The molecule has 2 aliphatic heterocycles. The third-order valence-corrected chi connectivity index (χ3v) is 4.67. The van der Waals surface area contributed by atoms with Gasteiger partial charge in [-0.15, -0.1) is 0 Å². The van der Waals surface area contributed by atoms with Gasteiger partial charge < -0.3 is 0 Å². The van der Waals surface area contributed by atoms with Crippen LogP contribution in [0.2, 0.25) is 0 Å².